The van der Waals surface area contributed by atoms with E-state index in [1.807, 2.05) is 13.8 Å². The summed E-state index contributed by atoms with van der Waals surface area (Å²) < 4.78 is 5.08. The van der Waals surface area contributed by atoms with Crippen molar-refractivity contribution < 1.29 is 9.53 Å². The molecule has 0 heterocycles. The number of allylic oxidation sites excluding steroid dienone is 1. The van der Waals surface area contributed by atoms with Gasteiger partial charge in [0.15, 0.2) is 0 Å². The molecule has 1 fully saturated rings. The summed E-state index contributed by atoms with van der Waals surface area (Å²) in [5.41, 5.74) is 3.74. The van der Waals surface area contributed by atoms with E-state index in [0.717, 1.165) is 31.3 Å². The largest absolute Gasteiger partial charge is 0.466 e. The summed E-state index contributed by atoms with van der Waals surface area (Å²) >= 11 is 0. The summed E-state index contributed by atoms with van der Waals surface area (Å²) in [7, 11) is 0. The number of hydrogen-bond acceptors (Lipinski definition) is 2. The maximum Gasteiger partial charge on any atom is 0.312 e. The molecule has 14 heavy (non-hydrogen) atoms. The van der Waals surface area contributed by atoms with Crippen molar-refractivity contribution in [2.75, 3.05) is 6.61 Å². The highest BCUT2D eigenvalue weighted by atomic mass is 16.5. The van der Waals surface area contributed by atoms with Crippen molar-refractivity contribution in [1.82, 2.24) is 0 Å². The molecule has 0 aromatic rings. The number of esters is 1. The first-order valence-electron chi connectivity index (χ1n) is 5.17. The van der Waals surface area contributed by atoms with Crippen LogP contribution < -0.4 is 0 Å². The summed E-state index contributed by atoms with van der Waals surface area (Å²) in [6.07, 6.45) is 3.73. The molecule has 1 atom stereocenters. The van der Waals surface area contributed by atoms with E-state index < -0.39 is 0 Å². The van der Waals surface area contributed by atoms with Crippen LogP contribution in [0.1, 0.15) is 39.5 Å². The van der Waals surface area contributed by atoms with E-state index in [2.05, 4.69) is 12.3 Å². The Hall–Kier alpha value is -1.01. The topological polar surface area (TPSA) is 26.3 Å². The lowest BCUT2D eigenvalue weighted by molar-refractivity contribution is -0.155. The minimum atomic E-state index is -0.339. The zero-order chi connectivity index (χ0) is 10.6. The number of rotatable bonds is 2. The summed E-state index contributed by atoms with van der Waals surface area (Å²) in [6, 6.07) is 0. The van der Waals surface area contributed by atoms with Gasteiger partial charge in [-0.2, -0.15) is 0 Å². The Labute approximate surface area is 85.6 Å². The van der Waals surface area contributed by atoms with Crippen LogP contribution in [0.4, 0.5) is 0 Å². The molecule has 0 aliphatic heterocycles. The van der Waals surface area contributed by atoms with Gasteiger partial charge in [-0.15, -0.1) is 5.73 Å². The molecule has 0 saturated heterocycles. The molecule has 0 radical (unpaired) electrons. The van der Waals surface area contributed by atoms with Crippen LogP contribution in [-0.2, 0) is 9.53 Å². The van der Waals surface area contributed by atoms with Gasteiger partial charge >= 0.3 is 5.97 Å². The van der Waals surface area contributed by atoms with Gasteiger partial charge in [0.1, 0.15) is 0 Å². The molecule has 1 rings (SSSR count). The maximum absolute atomic E-state index is 11.7. The number of carbonyl (C=O) groups is 1. The van der Waals surface area contributed by atoms with Crippen molar-refractivity contribution >= 4 is 5.97 Å². The van der Waals surface area contributed by atoms with Crippen LogP contribution in [0.5, 0.6) is 0 Å². The lowest BCUT2D eigenvalue weighted by atomic mass is 9.74. The van der Waals surface area contributed by atoms with Gasteiger partial charge in [0.25, 0.3) is 0 Å². The van der Waals surface area contributed by atoms with Crippen LogP contribution in [-0.4, -0.2) is 12.6 Å². The monoisotopic (exact) mass is 194 g/mol. The third-order valence-corrected chi connectivity index (χ3v) is 2.83. The molecule has 1 aliphatic rings. The highest BCUT2D eigenvalue weighted by Gasteiger charge is 2.37. The highest BCUT2D eigenvalue weighted by Crippen LogP contribution is 2.39. The van der Waals surface area contributed by atoms with Gasteiger partial charge in [-0.05, 0) is 45.1 Å². The van der Waals surface area contributed by atoms with Gasteiger partial charge in [0.2, 0.25) is 0 Å². The van der Waals surface area contributed by atoms with E-state index in [1.54, 1.807) is 0 Å². The highest BCUT2D eigenvalue weighted by molar-refractivity contribution is 5.77. The third-order valence-electron chi connectivity index (χ3n) is 2.83. The first kappa shape index (κ1) is 11.1. The van der Waals surface area contributed by atoms with Gasteiger partial charge in [0.05, 0.1) is 12.0 Å². The van der Waals surface area contributed by atoms with E-state index in [0.29, 0.717) is 6.61 Å². The smallest absolute Gasteiger partial charge is 0.312 e. The van der Waals surface area contributed by atoms with E-state index in [4.69, 9.17) is 4.74 Å². The Bertz CT molecular complexity index is 274. The lowest BCUT2D eigenvalue weighted by Gasteiger charge is -2.31. The molecule has 1 aliphatic carbocycles. The zero-order valence-electron chi connectivity index (χ0n) is 9.06. The molecule has 0 bridgehead atoms. The van der Waals surface area contributed by atoms with Crippen molar-refractivity contribution in [3.63, 3.8) is 0 Å². The van der Waals surface area contributed by atoms with Gasteiger partial charge in [-0.3, -0.25) is 4.79 Å². The number of hydrogen-bond donors (Lipinski definition) is 0. The fourth-order valence-electron chi connectivity index (χ4n) is 1.97. The molecule has 0 amide bonds. The van der Waals surface area contributed by atoms with Gasteiger partial charge < -0.3 is 4.74 Å². The fourth-order valence-corrected chi connectivity index (χ4v) is 1.97. The molecule has 2 nitrogen and oxygen atoms in total. The predicted octanol–water partition coefficient (Wildman–Crippen LogP) is 2.84. The minimum absolute atomic E-state index is 0.0764. The molecular weight excluding hydrogens is 176 g/mol. The molecule has 0 unspecified atom stereocenters. The second-order valence-electron chi connectivity index (χ2n) is 4.09. The average Bonchev–Trinajstić information content (AvgIpc) is 2.18. The Morgan fingerprint density at radius 1 is 1.71 bits per heavy atom. The second-order valence-corrected chi connectivity index (χ2v) is 4.09. The third kappa shape index (κ3) is 2.27. The Morgan fingerprint density at radius 3 is 3.00 bits per heavy atom. The van der Waals surface area contributed by atoms with Crippen molar-refractivity contribution in [3.8, 4) is 0 Å². The summed E-state index contributed by atoms with van der Waals surface area (Å²) in [6.45, 7) is 7.92. The van der Waals surface area contributed by atoms with Gasteiger partial charge in [-0.25, -0.2) is 0 Å². The fraction of sp³-hybridized carbons (Fsp3) is 0.667. The Morgan fingerprint density at radius 2 is 2.43 bits per heavy atom. The van der Waals surface area contributed by atoms with Crippen LogP contribution in [0.2, 0.25) is 0 Å². The summed E-state index contributed by atoms with van der Waals surface area (Å²) in [4.78, 5) is 11.7. The summed E-state index contributed by atoms with van der Waals surface area (Å²) in [5, 5.41) is 0. The molecule has 0 spiro atoms. The first-order chi connectivity index (χ1) is 6.62. The Kier molecular flexibility index (Phi) is 3.54. The predicted molar refractivity (Wildman–Crippen MR) is 55.9 cm³/mol. The number of ether oxygens (including phenoxy) is 1. The number of carbonyl (C=O) groups excluding carboxylic acids is 1. The van der Waals surface area contributed by atoms with Crippen LogP contribution in [0.25, 0.3) is 0 Å². The second kappa shape index (κ2) is 4.47. The molecule has 1 saturated carbocycles. The molecule has 0 aromatic carbocycles. The van der Waals surface area contributed by atoms with E-state index in [9.17, 15) is 4.79 Å². The van der Waals surface area contributed by atoms with Crippen LogP contribution >= 0.6 is 0 Å². The normalized spacial score (nSPS) is 26.9. The van der Waals surface area contributed by atoms with Gasteiger partial charge in [-0.1, -0.05) is 6.58 Å². The quantitative estimate of drug-likeness (QED) is 0.499. The van der Waals surface area contributed by atoms with E-state index in [-0.39, 0.29) is 11.4 Å². The van der Waals surface area contributed by atoms with Crippen LogP contribution in [0.3, 0.4) is 0 Å². The first-order valence-corrected chi connectivity index (χ1v) is 5.17. The maximum atomic E-state index is 11.7. The zero-order valence-corrected chi connectivity index (χ0v) is 9.06. The van der Waals surface area contributed by atoms with E-state index >= 15 is 0 Å². The lowest BCUT2D eigenvalue weighted by Crippen LogP contribution is -2.32. The molecule has 0 N–H and O–H groups in total. The summed E-state index contributed by atoms with van der Waals surface area (Å²) in [5.74, 6) is -0.0764. The van der Waals surface area contributed by atoms with Crippen LogP contribution in [0, 0.1) is 5.41 Å². The molecule has 2 heteroatoms. The van der Waals surface area contributed by atoms with Crippen molar-refractivity contribution in [1.29, 1.82) is 0 Å². The Balaban J connectivity index is 2.73. The molecule has 78 valence electrons. The van der Waals surface area contributed by atoms with E-state index in [1.165, 1.54) is 0 Å². The van der Waals surface area contributed by atoms with Gasteiger partial charge in [0, 0.05) is 0 Å². The van der Waals surface area contributed by atoms with Crippen molar-refractivity contribution in [3.05, 3.63) is 17.9 Å². The molecule has 0 aromatic heterocycles. The SMILES string of the molecule is C=C=C1CCC[C@@](C)(C(=O)OCC)C1. The van der Waals surface area contributed by atoms with Crippen molar-refractivity contribution in [2.24, 2.45) is 5.41 Å². The minimum Gasteiger partial charge on any atom is -0.466 e. The average molecular weight is 194 g/mol. The standard InChI is InChI=1S/C12H18O2/c1-4-10-7-6-8-12(3,9-10)11(13)14-5-2/h1,5-9H2,2-3H3/t12-/m1/s1. The van der Waals surface area contributed by atoms with Crippen LogP contribution in [0.15, 0.2) is 17.9 Å². The molecular formula is C12H18O2. The van der Waals surface area contributed by atoms with Crippen molar-refractivity contribution in [2.45, 2.75) is 39.5 Å².